The van der Waals surface area contributed by atoms with Gasteiger partial charge < -0.3 is 9.80 Å². The Morgan fingerprint density at radius 3 is 2.56 bits per heavy atom. The van der Waals surface area contributed by atoms with Gasteiger partial charge in [-0.3, -0.25) is 4.79 Å². The second kappa shape index (κ2) is 7.10. The number of carbonyl (C=O) groups excluding carboxylic acids is 1. The molecule has 0 radical (unpaired) electrons. The van der Waals surface area contributed by atoms with Crippen molar-refractivity contribution in [3.8, 4) is 0 Å². The highest BCUT2D eigenvalue weighted by molar-refractivity contribution is 5.78. The maximum Gasteiger partial charge on any atom is 0.433 e. The lowest BCUT2D eigenvalue weighted by molar-refractivity contribution is -0.141. The average molecular weight is 446 g/mol. The van der Waals surface area contributed by atoms with E-state index in [4.69, 9.17) is 0 Å². The van der Waals surface area contributed by atoms with Gasteiger partial charge in [0.05, 0.1) is 12.4 Å². The lowest BCUT2D eigenvalue weighted by Crippen LogP contribution is -2.58. The molecular formula is C20H21F3N8O. The highest BCUT2D eigenvalue weighted by Crippen LogP contribution is 2.43. The Kier molecular flexibility index (Phi) is 4.57. The van der Waals surface area contributed by atoms with Crippen LogP contribution >= 0.6 is 0 Å². The van der Waals surface area contributed by atoms with Gasteiger partial charge in [0.2, 0.25) is 0 Å². The summed E-state index contributed by atoms with van der Waals surface area (Å²) in [5, 5.41) is 4.19. The van der Waals surface area contributed by atoms with Crippen LogP contribution in [0.3, 0.4) is 0 Å². The van der Waals surface area contributed by atoms with Crippen molar-refractivity contribution in [3.05, 3.63) is 30.0 Å². The van der Waals surface area contributed by atoms with Gasteiger partial charge >= 0.3 is 6.18 Å². The molecule has 5 heterocycles. The number of ketones is 1. The molecule has 0 aliphatic carbocycles. The monoisotopic (exact) mass is 446 g/mol. The molecule has 168 valence electrons. The van der Waals surface area contributed by atoms with Crippen LogP contribution in [-0.4, -0.2) is 61.7 Å². The molecule has 0 aromatic carbocycles. The van der Waals surface area contributed by atoms with E-state index in [9.17, 15) is 18.0 Å². The Morgan fingerprint density at radius 2 is 1.84 bits per heavy atom. The SMILES string of the molecule is CC(=O)Cn1ncc2ncc(N3CCC4(CN(c5cc(C(F)(F)F)nc(C)n5)C4)C3)nc21. The van der Waals surface area contributed by atoms with E-state index in [0.717, 1.165) is 25.6 Å². The molecule has 0 unspecified atom stereocenters. The van der Waals surface area contributed by atoms with Gasteiger partial charge in [0.1, 0.15) is 35.2 Å². The summed E-state index contributed by atoms with van der Waals surface area (Å²) in [5.41, 5.74) is 0.233. The van der Waals surface area contributed by atoms with Crippen LogP contribution in [0.15, 0.2) is 18.5 Å². The van der Waals surface area contributed by atoms with E-state index in [1.54, 1.807) is 17.1 Å². The number of nitrogens with zero attached hydrogens (tertiary/aromatic N) is 8. The van der Waals surface area contributed by atoms with Gasteiger partial charge in [-0.1, -0.05) is 0 Å². The molecule has 0 saturated carbocycles. The first-order valence-electron chi connectivity index (χ1n) is 10.2. The van der Waals surface area contributed by atoms with Crippen LogP contribution in [0.25, 0.3) is 11.2 Å². The minimum absolute atomic E-state index is 0.0227. The second-order valence-corrected chi connectivity index (χ2v) is 8.63. The van der Waals surface area contributed by atoms with Gasteiger partial charge in [-0.05, 0) is 20.3 Å². The van der Waals surface area contributed by atoms with Crippen LogP contribution < -0.4 is 9.80 Å². The van der Waals surface area contributed by atoms with Crippen LogP contribution in [0.4, 0.5) is 24.8 Å². The van der Waals surface area contributed by atoms with Crippen molar-refractivity contribution >= 4 is 28.6 Å². The van der Waals surface area contributed by atoms with Crippen LogP contribution in [0.5, 0.6) is 0 Å². The van der Waals surface area contributed by atoms with Crippen molar-refractivity contribution < 1.29 is 18.0 Å². The molecule has 3 aromatic heterocycles. The third kappa shape index (κ3) is 3.63. The predicted molar refractivity (Wildman–Crippen MR) is 109 cm³/mol. The predicted octanol–water partition coefficient (Wildman–Crippen LogP) is 2.25. The number of fused-ring (bicyclic) bond motifs is 1. The van der Waals surface area contributed by atoms with Gasteiger partial charge in [0.15, 0.2) is 11.4 Å². The summed E-state index contributed by atoms with van der Waals surface area (Å²) in [6.45, 7) is 5.83. The van der Waals surface area contributed by atoms with E-state index in [2.05, 4.69) is 29.9 Å². The Labute approximate surface area is 181 Å². The normalized spacial score (nSPS) is 17.9. The highest BCUT2D eigenvalue weighted by Gasteiger charge is 2.49. The Morgan fingerprint density at radius 1 is 1.09 bits per heavy atom. The summed E-state index contributed by atoms with van der Waals surface area (Å²) in [4.78, 5) is 32.3. The molecule has 1 spiro atoms. The van der Waals surface area contributed by atoms with Gasteiger partial charge in [-0.15, -0.1) is 0 Å². The van der Waals surface area contributed by atoms with E-state index in [1.165, 1.54) is 13.8 Å². The smallest absolute Gasteiger partial charge is 0.355 e. The summed E-state index contributed by atoms with van der Waals surface area (Å²) in [6, 6.07) is 1.02. The molecule has 9 nitrogen and oxygen atoms in total. The van der Waals surface area contributed by atoms with Gasteiger partial charge in [-0.25, -0.2) is 24.6 Å². The maximum absolute atomic E-state index is 13.1. The molecule has 2 saturated heterocycles. The number of hydrogen-bond donors (Lipinski definition) is 0. The van der Waals surface area contributed by atoms with E-state index >= 15 is 0 Å². The fraction of sp³-hybridized carbons (Fsp3) is 0.500. The number of aromatic nitrogens is 6. The number of carbonyl (C=O) groups is 1. The largest absolute Gasteiger partial charge is 0.433 e. The van der Waals surface area contributed by atoms with Crippen molar-refractivity contribution in [1.29, 1.82) is 0 Å². The molecule has 0 N–H and O–H groups in total. The van der Waals surface area contributed by atoms with Crippen molar-refractivity contribution in [1.82, 2.24) is 29.7 Å². The number of Topliss-reactive ketones (excluding diaryl/α,β-unsaturated/α-hetero) is 1. The lowest BCUT2D eigenvalue weighted by atomic mass is 9.79. The van der Waals surface area contributed by atoms with Crippen molar-refractivity contribution in [2.45, 2.75) is 33.0 Å². The zero-order valence-electron chi connectivity index (χ0n) is 17.6. The molecule has 0 atom stereocenters. The Hall–Kier alpha value is -3.31. The third-order valence-electron chi connectivity index (χ3n) is 5.96. The summed E-state index contributed by atoms with van der Waals surface area (Å²) in [5.74, 6) is 1.10. The van der Waals surface area contributed by atoms with Crippen molar-refractivity contribution in [3.63, 3.8) is 0 Å². The van der Waals surface area contributed by atoms with Crippen LogP contribution in [0, 0.1) is 12.3 Å². The first kappa shape index (κ1) is 20.6. The molecule has 2 fully saturated rings. The van der Waals surface area contributed by atoms with E-state index < -0.39 is 11.9 Å². The fourth-order valence-corrected chi connectivity index (χ4v) is 4.49. The van der Waals surface area contributed by atoms with Crippen LogP contribution in [-0.2, 0) is 17.5 Å². The molecule has 2 aliphatic heterocycles. The minimum Gasteiger partial charge on any atom is -0.355 e. The van der Waals surface area contributed by atoms with Crippen LogP contribution in [0.2, 0.25) is 0 Å². The highest BCUT2D eigenvalue weighted by atomic mass is 19.4. The standard InChI is InChI=1S/C20H21F3N8O/c1-12(32)8-31-18-14(6-25-31)24-7-17(28-18)29-4-3-19(9-29)10-30(11-19)16-5-15(20(21,22)23)26-13(2)27-16/h5-7H,3-4,8-11H2,1-2H3. The quantitative estimate of drug-likeness (QED) is 0.603. The van der Waals surface area contributed by atoms with Crippen LogP contribution in [0.1, 0.15) is 24.9 Å². The number of alkyl halides is 3. The summed E-state index contributed by atoms with van der Waals surface area (Å²) < 4.78 is 40.8. The molecule has 0 amide bonds. The first-order valence-corrected chi connectivity index (χ1v) is 10.2. The van der Waals surface area contributed by atoms with E-state index in [1.807, 2.05) is 4.90 Å². The Balaban J connectivity index is 1.31. The van der Waals surface area contributed by atoms with Crippen molar-refractivity contribution in [2.75, 3.05) is 36.0 Å². The number of hydrogen-bond acceptors (Lipinski definition) is 8. The zero-order valence-corrected chi connectivity index (χ0v) is 17.6. The van der Waals surface area contributed by atoms with E-state index in [0.29, 0.717) is 35.9 Å². The Bertz CT molecular complexity index is 1200. The summed E-state index contributed by atoms with van der Waals surface area (Å²) in [7, 11) is 0. The van der Waals surface area contributed by atoms with E-state index in [-0.39, 0.29) is 23.6 Å². The number of halogens is 3. The van der Waals surface area contributed by atoms with Gasteiger partial charge in [0, 0.05) is 37.7 Å². The number of anilines is 2. The summed E-state index contributed by atoms with van der Waals surface area (Å²) in [6.07, 6.45) is -0.322. The molecule has 5 rings (SSSR count). The average Bonchev–Trinajstić information content (AvgIpc) is 3.30. The minimum atomic E-state index is -4.50. The molecular weight excluding hydrogens is 425 g/mol. The molecule has 12 heteroatoms. The lowest BCUT2D eigenvalue weighted by Gasteiger charge is -2.48. The number of rotatable bonds is 4. The number of aryl methyl sites for hydroxylation is 1. The summed E-state index contributed by atoms with van der Waals surface area (Å²) >= 11 is 0. The molecule has 32 heavy (non-hydrogen) atoms. The zero-order chi connectivity index (χ0) is 22.7. The molecule has 0 bridgehead atoms. The van der Waals surface area contributed by atoms with Gasteiger partial charge in [0.25, 0.3) is 0 Å². The first-order chi connectivity index (χ1) is 15.1. The topological polar surface area (TPSA) is 92.9 Å². The second-order valence-electron chi connectivity index (χ2n) is 8.63. The maximum atomic E-state index is 13.1. The molecule has 2 aliphatic rings. The van der Waals surface area contributed by atoms with Gasteiger partial charge in [-0.2, -0.15) is 18.3 Å². The fourth-order valence-electron chi connectivity index (χ4n) is 4.49. The van der Waals surface area contributed by atoms with Crippen molar-refractivity contribution in [2.24, 2.45) is 5.41 Å². The molecule has 3 aromatic rings. The third-order valence-corrected chi connectivity index (χ3v) is 5.96.